The van der Waals surface area contributed by atoms with E-state index in [0.717, 1.165) is 0 Å². The van der Waals surface area contributed by atoms with Gasteiger partial charge in [-0.25, -0.2) is 0 Å². The number of rotatable bonds is 4. The maximum absolute atomic E-state index is 8.11. The summed E-state index contributed by atoms with van der Waals surface area (Å²) in [6.07, 6.45) is 0. The first-order valence-electron chi connectivity index (χ1n) is 3.94. The van der Waals surface area contributed by atoms with Crippen LogP contribution in [0.2, 0.25) is 0 Å². The standard InChI is InChI=1S/C2N16/c3-11-5-1-7-13-17(9-1)15-16-18-10-2(6-12-4)8-14-18. The Bertz CT molecular complexity index is 597. The average Bonchev–Trinajstić information content (AvgIpc) is 2.97. The van der Waals surface area contributed by atoms with E-state index in [9.17, 15) is 0 Å². The SMILES string of the molecule is [N-]=[N+]=Nc1nnn(N=Nn2nnc(N=[N+]=[N-])n2)n1. The first-order chi connectivity index (χ1) is 8.81. The van der Waals surface area contributed by atoms with Gasteiger partial charge in [0.25, 0.3) is 11.9 Å². The second-order valence-electron chi connectivity index (χ2n) is 2.27. The molecule has 18 heavy (non-hydrogen) atoms. The fourth-order valence-corrected chi connectivity index (χ4v) is 0.707. The highest BCUT2D eigenvalue weighted by Gasteiger charge is 2.00. The van der Waals surface area contributed by atoms with E-state index in [0.29, 0.717) is 9.81 Å². The third-order valence-corrected chi connectivity index (χ3v) is 1.25. The molecule has 0 amide bonds. The van der Waals surface area contributed by atoms with Crippen LogP contribution in [0.4, 0.5) is 11.9 Å². The van der Waals surface area contributed by atoms with Gasteiger partial charge in [-0.3, -0.25) is 0 Å². The topological polar surface area (TPSA) is 209 Å². The third kappa shape index (κ3) is 2.48. The Hall–Kier alpha value is -3.64. The van der Waals surface area contributed by atoms with Crippen molar-refractivity contribution in [1.29, 1.82) is 0 Å². The smallest absolute Gasteiger partial charge is 0.104 e. The van der Waals surface area contributed by atoms with Gasteiger partial charge < -0.3 is 0 Å². The Balaban J connectivity index is 2.13. The summed E-state index contributed by atoms with van der Waals surface area (Å²) in [5, 5.41) is 33.3. The average molecular weight is 248 g/mol. The number of nitrogens with zero attached hydrogens (tertiary/aromatic N) is 16. The fourth-order valence-electron chi connectivity index (χ4n) is 0.707. The molecule has 2 rings (SSSR count). The van der Waals surface area contributed by atoms with E-state index >= 15 is 0 Å². The summed E-state index contributed by atoms with van der Waals surface area (Å²) < 4.78 is 0. The van der Waals surface area contributed by atoms with Crippen LogP contribution in [0.1, 0.15) is 0 Å². The van der Waals surface area contributed by atoms with Crippen molar-refractivity contribution >= 4 is 11.9 Å². The zero-order valence-corrected chi connectivity index (χ0v) is 8.16. The van der Waals surface area contributed by atoms with Crippen molar-refractivity contribution in [2.45, 2.75) is 0 Å². The number of hydrogen-bond acceptors (Lipinski definition) is 10. The Labute approximate surface area is 95.1 Å². The van der Waals surface area contributed by atoms with Crippen molar-refractivity contribution in [3.8, 4) is 0 Å². The van der Waals surface area contributed by atoms with Gasteiger partial charge in [-0.05, 0) is 52.0 Å². The lowest BCUT2D eigenvalue weighted by Crippen LogP contribution is -1.97. The molecule has 0 unspecified atom stereocenters. The van der Waals surface area contributed by atoms with Crippen molar-refractivity contribution in [3.05, 3.63) is 20.9 Å². The van der Waals surface area contributed by atoms with E-state index in [1.165, 1.54) is 0 Å². The quantitative estimate of drug-likeness (QED) is 0.418. The van der Waals surface area contributed by atoms with Crippen LogP contribution in [0, 0.1) is 0 Å². The second-order valence-corrected chi connectivity index (χ2v) is 2.27. The maximum atomic E-state index is 8.11. The molecule has 2 aromatic rings. The van der Waals surface area contributed by atoms with E-state index < -0.39 is 0 Å². The van der Waals surface area contributed by atoms with Gasteiger partial charge in [-0.2, -0.15) is 0 Å². The largest absolute Gasteiger partial charge is 0.263 e. The predicted octanol–water partition coefficient (Wildman–Crippen LogP) is 0.222. The number of aromatic nitrogens is 8. The van der Waals surface area contributed by atoms with E-state index in [2.05, 4.69) is 61.3 Å². The van der Waals surface area contributed by atoms with Crippen molar-refractivity contribution < 1.29 is 0 Å². The molecule has 0 spiro atoms. The molecule has 0 bridgehead atoms. The second kappa shape index (κ2) is 4.92. The summed E-state index contributed by atoms with van der Waals surface area (Å²) >= 11 is 0. The zero-order valence-electron chi connectivity index (χ0n) is 8.16. The molecule has 0 aromatic carbocycles. The first-order valence-corrected chi connectivity index (χ1v) is 3.94. The monoisotopic (exact) mass is 248 g/mol. The molecule has 0 saturated carbocycles. The molecule has 0 N–H and O–H groups in total. The molecule has 0 aliphatic carbocycles. The van der Waals surface area contributed by atoms with E-state index in [1.54, 1.807) is 0 Å². The summed E-state index contributed by atoms with van der Waals surface area (Å²) in [6, 6.07) is 0. The lowest BCUT2D eigenvalue weighted by molar-refractivity contribution is 0.489. The van der Waals surface area contributed by atoms with Crippen LogP contribution in [0.25, 0.3) is 20.9 Å². The van der Waals surface area contributed by atoms with Crippen LogP contribution in [0.3, 0.4) is 0 Å². The number of tetrazole rings is 2. The molecule has 0 aliphatic heterocycles. The fraction of sp³-hybridized carbons (Fsp3) is 0. The van der Waals surface area contributed by atoms with Gasteiger partial charge in [-0.1, -0.05) is 0 Å². The summed E-state index contributed by atoms with van der Waals surface area (Å²) in [5.41, 5.74) is 16.2. The molecule has 0 radical (unpaired) electrons. The molecule has 0 aliphatic rings. The van der Waals surface area contributed by atoms with Crippen LogP contribution >= 0.6 is 0 Å². The molecular formula is C2N16. The molecule has 2 aromatic heterocycles. The Morgan fingerprint density at radius 2 is 1.28 bits per heavy atom. The lowest BCUT2D eigenvalue weighted by atomic mass is 11.1. The van der Waals surface area contributed by atoms with Crippen molar-refractivity contribution in [2.75, 3.05) is 0 Å². The Kier molecular flexibility index (Phi) is 2.97. The molecule has 0 saturated heterocycles. The van der Waals surface area contributed by atoms with Gasteiger partial charge in [0, 0.05) is 9.82 Å². The molecular weight excluding hydrogens is 248 g/mol. The van der Waals surface area contributed by atoms with E-state index in [-0.39, 0.29) is 11.9 Å². The molecule has 0 fully saturated rings. The summed E-state index contributed by atoms with van der Waals surface area (Å²) in [7, 11) is 0. The van der Waals surface area contributed by atoms with E-state index in [1.807, 2.05) is 0 Å². The van der Waals surface area contributed by atoms with Crippen LogP contribution in [0.5, 0.6) is 0 Å². The summed E-state index contributed by atoms with van der Waals surface area (Å²) in [5.74, 6) is -0.449. The Morgan fingerprint density at radius 3 is 1.67 bits per heavy atom. The minimum absolute atomic E-state index is 0.224. The van der Waals surface area contributed by atoms with Crippen molar-refractivity contribution in [2.24, 2.45) is 20.7 Å². The highest BCUT2D eigenvalue weighted by Crippen LogP contribution is 2.00. The van der Waals surface area contributed by atoms with Gasteiger partial charge in [0.05, 0.1) is 0 Å². The van der Waals surface area contributed by atoms with Gasteiger partial charge >= 0.3 is 0 Å². The minimum atomic E-state index is -0.224. The molecule has 0 atom stereocenters. The highest BCUT2D eigenvalue weighted by molar-refractivity contribution is 5.06. The number of hydrogen-bond donors (Lipinski definition) is 0. The molecule has 16 heteroatoms. The van der Waals surface area contributed by atoms with Gasteiger partial charge in [0.1, 0.15) is 0 Å². The molecule has 88 valence electrons. The van der Waals surface area contributed by atoms with Crippen molar-refractivity contribution in [1.82, 2.24) is 40.6 Å². The van der Waals surface area contributed by atoms with Crippen molar-refractivity contribution in [3.63, 3.8) is 0 Å². The zero-order chi connectivity index (χ0) is 12.8. The van der Waals surface area contributed by atoms with Crippen LogP contribution < -0.4 is 0 Å². The normalized spacial score (nSPS) is 10.0. The van der Waals surface area contributed by atoms with Crippen LogP contribution in [-0.4, -0.2) is 40.6 Å². The van der Waals surface area contributed by atoms with Gasteiger partial charge in [0.15, 0.2) is 0 Å². The predicted molar refractivity (Wildman–Crippen MR) is 48.9 cm³/mol. The van der Waals surface area contributed by atoms with Crippen LogP contribution in [0.15, 0.2) is 20.7 Å². The maximum Gasteiger partial charge on any atom is 0.263 e. The van der Waals surface area contributed by atoms with E-state index in [4.69, 9.17) is 11.1 Å². The lowest BCUT2D eigenvalue weighted by Gasteiger charge is -1.82. The summed E-state index contributed by atoms with van der Waals surface area (Å²) in [6.45, 7) is 0. The minimum Gasteiger partial charge on any atom is -0.104 e. The van der Waals surface area contributed by atoms with Crippen LogP contribution in [-0.2, 0) is 0 Å². The van der Waals surface area contributed by atoms with Gasteiger partial charge in [0.2, 0.25) is 0 Å². The highest BCUT2D eigenvalue weighted by atomic mass is 15.9. The first kappa shape index (κ1) is 10.9. The van der Waals surface area contributed by atoms with Gasteiger partial charge in [-0.15, -0.1) is 20.4 Å². The molecule has 16 nitrogen and oxygen atoms in total. The molecule has 2 heterocycles. The number of azide groups is 2. The Morgan fingerprint density at radius 1 is 0.833 bits per heavy atom. The summed E-state index contributed by atoms with van der Waals surface area (Å²) in [4.78, 5) is 6.23. The third-order valence-electron chi connectivity index (χ3n) is 1.25.